The third-order valence-electron chi connectivity index (χ3n) is 3.39. The first kappa shape index (κ1) is 19.4. The Morgan fingerprint density at radius 1 is 1.00 bits per heavy atom. The zero-order chi connectivity index (χ0) is 15.9. The predicted molar refractivity (Wildman–Crippen MR) is 93.3 cm³/mol. The number of hydrogen-bond donors (Lipinski definition) is 1. The van der Waals surface area contributed by atoms with Crippen LogP contribution in [0.3, 0.4) is 0 Å². The molecular formula is C17H19N3NaO2. The van der Waals surface area contributed by atoms with Crippen molar-refractivity contribution in [1.82, 2.24) is 0 Å². The smallest absolute Gasteiger partial charge is 0.337 e. The summed E-state index contributed by atoms with van der Waals surface area (Å²) in [4.78, 5) is 13.3. The molecule has 0 unspecified atom stereocenters. The number of carbonyl (C=O) groups is 1. The van der Waals surface area contributed by atoms with Gasteiger partial charge in [-0.05, 0) is 50.2 Å². The van der Waals surface area contributed by atoms with Crippen LogP contribution in [0.15, 0.2) is 58.8 Å². The molecule has 0 fully saturated rings. The number of aromatic carboxylic acids is 1. The van der Waals surface area contributed by atoms with Crippen LogP contribution < -0.4 is 4.90 Å². The van der Waals surface area contributed by atoms with Crippen molar-refractivity contribution in [2.45, 2.75) is 13.8 Å². The average Bonchev–Trinajstić information content (AvgIpc) is 2.55. The summed E-state index contributed by atoms with van der Waals surface area (Å²) in [5, 5.41) is 17.3. The van der Waals surface area contributed by atoms with E-state index >= 15 is 0 Å². The minimum absolute atomic E-state index is 0. The normalized spacial score (nSPS) is 10.3. The van der Waals surface area contributed by atoms with Crippen LogP contribution >= 0.6 is 0 Å². The Hall–Kier alpha value is -1.69. The molecule has 0 aliphatic rings. The summed E-state index contributed by atoms with van der Waals surface area (Å²) in [5.74, 6) is -1.01. The molecule has 0 bridgehead atoms. The van der Waals surface area contributed by atoms with Crippen LogP contribution in [-0.2, 0) is 0 Å². The van der Waals surface area contributed by atoms with Gasteiger partial charge in [0.2, 0.25) is 0 Å². The van der Waals surface area contributed by atoms with E-state index < -0.39 is 5.97 Å². The summed E-state index contributed by atoms with van der Waals surface area (Å²) in [6.45, 7) is 6.12. The molecule has 0 spiro atoms. The zero-order valence-electron chi connectivity index (χ0n) is 13.7. The minimum Gasteiger partial charge on any atom is -0.478 e. The molecule has 2 aromatic carbocycles. The standard InChI is InChI=1S/C17H19N3O2.Na/c1-3-20(4-2)14-11-9-13(10-12-14)18-19-16-8-6-5-7-15(16)17(21)22;/h5-12H,3-4H2,1-2H3,(H,21,22);. The first-order valence-electron chi connectivity index (χ1n) is 7.24. The Morgan fingerprint density at radius 2 is 1.61 bits per heavy atom. The van der Waals surface area contributed by atoms with Gasteiger partial charge in [0, 0.05) is 48.3 Å². The van der Waals surface area contributed by atoms with Gasteiger partial charge in [0.15, 0.2) is 0 Å². The van der Waals surface area contributed by atoms with E-state index in [1.54, 1.807) is 18.2 Å². The van der Waals surface area contributed by atoms with E-state index in [9.17, 15) is 4.79 Å². The van der Waals surface area contributed by atoms with E-state index in [1.807, 2.05) is 24.3 Å². The summed E-state index contributed by atoms with van der Waals surface area (Å²) in [6, 6.07) is 14.3. The molecule has 0 saturated carbocycles. The van der Waals surface area contributed by atoms with Gasteiger partial charge in [-0.1, -0.05) is 12.1 Å². The number of hydrogen-bond acceptors (Lipinski definition) is 4. The zero-order valence-corrected chi connectivity index (χ0v) is 15.7. The van der Waals surface area contributed by atoms with Crippen molar-refractivity contribution in [3.05, 3.63) is 54.1 Å². The Morgan fingerprint density at radius 3 is 2.17 bits per heavy atom. The molecular weight excluding hydrogens is 301 g/mol. The van der Waals surface area contributed by atoms with Crippen LogP contribution in [0.5, 0.6) is 0 Å². The first-order valence-corrected chi connectivity index (χ1v) is 7.24. The van der Waals surface area contributed by atoms with Gasteiger partial charge in [-0.15, -0.1) is 5.11 Å². The predicted octanol–water partition coefficient (Wildman–Crippen LogP) is 4.27. The number of azo groups is 1. The van der Waals surface area contributed by atoms with Crippen molar-refractivity contribution in [1.29, 1.82) is 0 Å². The van der Waals surface area contributed by atoms with Gasteiger partial charge in [0.05, 0.1) is 11.3 Å². The third kappa shape index (κ3) is 5.16. The molecule has 6 heteroatoms. The SMILES string of the molecule is CCN(CC)c1ccc(N=Nc2ccccc2C(=O)O)cc1.[Na]. The maximum atomic E-state index is 11.1. The largest absolute Gasteiger partial charge is 0.478 e. The van der Waals surface area contributed by atoms with Crippen LogP contribution in [0, 0.1) is 0 Å². The van der Waals surface area contributed by atoms with Gasteiger partial charge < -0.3 is 10.0 Å². The molecule has 115 valence electrons. The van der Waals surface area contributed by atoms with Gasteiger partial charge in [-0.25, -0.2) is 4.79 Å². The van der Waals surface area contributed by atoms with E-state index in [0.29, 0.717) is 11.4 Å². The maximum Gasteiger partial charge on any atom is 0.337 e. The summed E-state index contributed by atoms with van der Waals surface area (Å²) in [6.07, 6.45) is 0. The molecule has 0 heterocycles. The fourth-order valence-corrected chi connectivity index (χ4v) is 2.17. The van der Waals surface area contributed by atoms with Crippen LogP contribution in [-0.4, -0.2) is 53.7 Å². The van der Waals surface area contributed by atoms with Crippen LogP contribution in [0.2, 0.25) is 0 Å². The Labute approximate surface area is 158 Å². The molecule has 2 rings (SSSR count). The second kappa shape index (κ2) is 9.45. The monoisotopic (exact) mass is 320 g/mol. The van der Waals surface area contributed by atoms with E-state index in [-0.39, 0.29) is 35.1 Å². The Balaban J connectivity index is 0.00000264. The van der Waals surface area contributed by atoms with E-state index in [1.165, 1.54) is 6.07 Å². The maximum absolute atomic E-state index is 11.1. The molecule has 0 aliphatic carbocycles. The Bertz CT molecular complexity index is 668. The molecule has 0 saturated heterocycles. The number of carboxylic acid groups (broad SMARTS) is 1. The van der Waals surface area contributed by atoms with Crippen LogP contribution in [0.1, 0.15) is 24.2 Å². The van der Waals surface area contributed by atoms with Crippen LogP contribution in [0.4, 0.5) is 17.1 Å². The molecule has 5 nitrogen and oxygen atoms in total. The van der Waals surface area contributed by atoms with Crippen molar-refractivity contribution < 1.29 is 9.90 Å². The van der Waals surface area contributed by atoms with Gasteiger partial charge in [0.25, 0.3) is 0 Å². The van der Waals surface area contributed by atoms with Crippen LogP contribution in [0.25, 0.3) is 0 Å². The number of anilines is 1. The molecule has 2 aromatic rings. The summed E-state index contributed by atoms with van der Waals surface area (Å²) in [5.41, 5.74) is 2.32. The molecule has 1 radical (unpaired) electrons. The average molecular weight is 320 g/mol. The quantitative estimate of drug-likeness (QED) is 0.638. The van der Waals surface area contributed by atoms with Gasteiger partial charge >= 0.3 is 5.97 Å². The third-order valence-corrected chi connectivity index (χ3v) is 3.39. The van der Waals surface area contributed by atoms with Crippen molar-refractivity contribution in [2.24, 2.45) is 10.2 Å². The second-order valence-corrected chi connectivity index (χ2v) is 4.71. The number of benzene rings is 2. The van der Waals surface area contributed by atoms with Gasteiger partial charge in [-0.2, -0.15) is 5.11 Å². The van der Waals surface area contributed by atoms with Crippen molar-refractivity contribution in [3.63, 3.8) is 0 Å². The topological polar surface area (TPSA) is 65.3 Å². The fraction of sp³-hybridized carbons (Fsp3) is 0.235. The van der Waals surface area contributed by atoms with E-state index in [0.717, 1.165) is 18.8 Å². The molecule has 0 amide bonds. The van der Waals surface area contributed by atoms with Crippen molar-refractivity contribution in [2.75, 3.05) is 18.0 Å². The summed E-state index contributed by atoms with van der Waals surface area (Å²) in [7, 11) is 0. The number of carboxylic acids is 1. The summed E-state index contributed by atoms with van der Waals surface area (Å²) >= 11 is 0. The number of rotatable bonds is 6. The molecule has 0 aliphatic heterocycles. The van der Waals surface area contributed by atoms with E-state index in [4.69, 9.17) is 5.11 Å². The minimum atomic E-state index is -1.01. The van der Waals surface area contributed by atoms with Gasteiger partial charge in [-0.3, -0.25) is 0 Å². The first-order chi connectivity index (χ1) is 10.7. The molecule has 1 N–H and O–H groups in total. The second-order valence-electron chi connectivity index (χ2n) is 4.71. The number of nitrogens with zero attached hydrogens (tertiary/aromatic N) is 3. The van der Waals surface area contributed by atoms with Crippen molar-refractivity contribution in [3.8, 4) is 0 Å². The van der Waals surface area contributed by atoms with Gasteiger partial charge in [0.1, 0.15) is 5.69 Å². The fourth-order valence-electron chi connectivity index (χ4n) is 2.17. The molecule has 0 aromatic heterocycles. The van der Waals surface area contributed by atoms with E-state index in [2.05, 4.69) is 29.0 Å². The summed E-state index contributed by atoms with van der Waals surface area (Å²) < 4.78 is 0. The Kier molecular flexibility index (Phi) is 7.95. The molecule has 23 heavy (non-hydrogen) atoms. The molecule has 0 atom stereocenters. The van der Waals surface area contributed by atoms with Crippen molar-refractivity contribution >= 4 is 52.6 Å².